The van der Waals surface area contributed by atoms with Crippen molar-refractivity contribution in [2.24, 2.45) is 0 Å². The molecule has 0 saturated heterocycles. The standard InChI is InChI=1S/C19H12F3N5O2S/c20-12-6-5-10(7-14(12)22)27-18(29)11-8-23-26-17(11)25-19(27)30-9-16(28)24-15-4-2-1-3-13(15)21/h1-8H,9H2,(H,23,26)(H,24,28). The van der Waals surface area contributed by atoms with Gasteiger partial charge < -0.3 is 5.32 Å². The zero-order valence-electron chi connectivity index (χ0n) is 15.0. The first-order chi connectivity index (χ1) is 14.4. The van der Waals surface area contributed by atoms with Crippen LogP contribution in [0.15, 0.2) is 58.6 Å². The summed E-state index contributed by atoms with van der Waals surface area (Å²) in [7, 11) is 0. The number of amides is 1. The largest absolute Gasteiger partial charge is 0.323 e. The van der Waals surface area contributed by atoms with Crippen LogP contribution in [0, 0.1) is 17.5 Å². The van der Waals surface area contributed by atoms with Gasteiger partial charge in [0.25, 0.3) is 5.56 Å². The number of nitrogens with one attached hydrogen (secondary N) is 2. The van der Waals surface area contributed by atoms with Crippen LogP contribution in [0.25, 0.3) is 16.7 Å². The van der Waals surface area contributed by atoms with Gasteiger partial charge >= 0.3 is 0 Å². The number of carbonyl (C=O) groups excluding carboxylic acids is 1. The van der Waals surface area contributed by atoms with E-state index in [1.807, 2.05) is 0 Å². The van der Waals surface area contributed by atoms with Gasteiger partial charge in [0.1, 0.15) is 11.2 Å². The highest BCUT2D eigenvalue weighted by Crippen LogP contribution is 2.22. The molecule has 4 rings (SSSR count). The molecule has 152 valence electrons. The Morgan fingerprint density at radius 2 is 1.90 bits per heavy atom. The number of halogens is 3. The molecule has 0 aliphatic carbocycles. The Bertz CT molecular complexity index is 1320. The lowest BCUT2D eigenvalue weighted by Crippen LogP contribution is -2.23. The molecule has 2 N–H and O–H groups in total. The first-order valence-electron chi connectivity index (χ1n) is 8.53. The molecule has 2 aromatic carbocycles. The summed E-state index contributed by atoms with van der Waals surface area (Å²) in [5, 5.41) is 8.94. The van der Waals surface area contributed by atoms with Gasteiger partial charge in [0.2, 0.25) is 5.91 Å². The lowest BCUT2D eigenvalue weighted by Gasteiger charge is -2.12. The minimum atomic E-state index is -1.14. The Kier molecular flexibility index (Phi) is 5.27. The fourth-order valence-electron chi connectivity index (χ4n) is 2.70. The lowest BCUT2D eigenvalue weighted by atomic mass is 10.3. The molecule has 0 unspecified atom stereocenters. The molecule has 0 bridgehead atoms. The number of fused-ring (bicyclic) bond motifs is 1. The number of aromatic nitrogens is 4. The van der Waals surface area contributed by atoms with Gasteiger partial charge in [-0.2, -0.15) is 5.10 Å². The van der Waals surface area contributed by atoms with Gasteiger partial charge in [-0.15, -0.1) is 0 Å². The normalized spacial score (nSPS) is 11.0. The number of benzene rings is 2. The first kappa shape index (κ1) is 19.7. The van der Waals surface area contributed by atoms with Gasteiger partial charge in [-0.25, -0.2) is 18.2 Å². The lowest BCUT2D eigenvalue weighted by molar-refractivity contribution is -0.113. The second kappa shape index (κ2) is 8.03. The monoisotopic (exact) mass is 431 g/mol. The van der Waals surface area contributed by atoms with Crippen LogP contribution in [-0.2, 0) is 4.79 Å². The van der Waals surface area contributed by atoms with Gasteiger partial charge in [-0.1, -0.05) is 23.9 Å². The fraction of sp³-hybridized carbons (Fsp3) is 0.0526. The van der Waals surface area contributed by atoms with Crippen LogP contribution in [0.4, 0.5) is 18.9 Å². The van der Waals surface area contributed by atoms with Crippen LogP contribution in [-0.4, -0.2) is 31.4 Å². The summed E-state index contributed by atoms with van der Waals surface area (Å²) in [6, 6.07) is 8.63. The molecule has 11 heteroatoms. The highest BCUT2D eigenvalue weighted by Gasteiger charge is 2.17. The van der Waals surface area contributed by atoms with Crippen molar-refractivity contribution in [1.82, 2.24) is 19.7 Å². The molecular weight excluding hydrogens is 419 g/mol. The average Bonchev–Trinajstić information content (AvgIpc) is 3.19. The van der Waals surface area contributed by atoms with Crippen LogP contribution in [0.5, 0.6) is 0 Å². The van der Waals surface area contributed by atoms with Crippen molar-refractivity contribution >= 4 is 34.4 Å². The summed E-state index contributed by atoms with van der Waals surface area (Å²) < 4.78 is 41.8. The van der Waals surface area contributed by atoms with E-state index >= 15 is 0 Å². The fourth-order valence-corrected chi connectivity index (χ4v) is 3.51. The number of nitrogens with zero attached hydrogens (tertiary/aromatic N) is 3. The van der Waals surface area contributed by atoms with Crippen LogP contribution >= 0.6 is 11.8 Å². The molecule has 30 heavy (non-hydrogen) atoms. The van der Waals surface area contributed by atoms with Crippen LogP contribution in [0.2, 0.25) is 0 Å². The summed E-state index contributed by atoms with van der Waals surface area (Å²) in [6.07, 6.45) is 1.26. The van der Waals surface area contributed by atoms with Crippen LogP contribution < -0.4 is 10.9 Å². The summed E-state index contributed by atoms with van der Waals surface area (Å²) in [5.74, 6) is -3.56. The third kappa shape index (κ3) is 3.79. The van der Waals surface area contributed by atoms with Crippen LogP contribution in [0.1, 0.15) is 0 Å². The molecule has 0 aliphatic rings. The first-order valence-corrected chi connectivity index (χ1v) is 9.51. The smallest absolute Gasteiger partial charge is 0.269 e. The molecule has 7 nitrogen and oxygen atoms in total. The summed E-state index contributed by atoms with van der Waals surface area (Å²) in [6.45, 7) is 0. The zero-order valence-corrected chi connectivity index (χ0v) is 15.8. The van der Waals surface area contributed by atoms with E-state index in [1.165, 1.54) is 30.5 Å². The van der Waals surface area contributed by atoms with E-state index in [2.05, 4.69) is 20.5 Å². The number of rotatable bonds is 5. The Morgan fingerprint density at radius 1 is 1.10 bits per heavy atom. The second-order valence-corrected chi connectivity index (χ2v) is 7.02. The van der Waals surface area contributed by atoms with Crippen molar-refractivity contribution in [1.29, 1.82) is 0 Å². The highest BCUT2D eigenvalue weighted by molar-refractivity contribution is 7.99. The quantitative estimate of drug-likeness (QED) is 0.374. The number of hydrogen-bond donors (Lipinski definition) is 2. The van der Waals surface area contributed by atoms with E-state index in [-0.39, 0.29) is 33.3 Å². The van der Waals surface area contributed by atoms with E-state index in [4.69, 9.17) is 0 Å². The summed E-state index contributed by atoms with van der Waals surface area (Å²) >= 11 is 0.871. The van der Waals surface area contributed by atoms with E-state index in [9.17, 15) is 22.8 Å². The zero-order chi connectivity index (χ0) is 21.3. The maximum atomic E-state index is 13.7. The molecule has 2 aromatic heterocycles. The van der Waals surface area contributed by atoms with Gasteiger partial charge in [0, 0.05) is 6.07 Å². The van der Waals surface area contributed by atoms with Crippen LogP contribution in [0.3, 0.4) is 0 Å². The summed E-state index contributed by atoms with van der Waals surface area (Å²) in [4.78, 5) is 29.4. The van der Waals surface area contributed by atoms with E-state index in [1.54, 1.807) is 6.07 Å². The summed E-state index contributed by atoms with van der Waals surface area (Å²) in [5.41, 5.74) is -0.350. The van der Waals surface area contributed by atoms with Crippen molar-refractivity contribution in [2.45, 2.75) is 5.16 Å². The molecule has 1 amide bonds. The van der Waals surface area contributed by atoms with Crippen molar-refractivity contribution in [2.75, 3.05) is 11.1 Å². The number of carbonyl (C=O) groups is 1. The van der Waals surface area contributed by atoms with Crippen molar-refractivity contribution in [3.63, 3.8) is 0 Å². The third-order valence-corrected chi connectivity index (χ3v) is 5.03. The number of H-pyrrole nitrogens is 1. The minimum absolute atomic E-state index is 0.0121. The van der Waals surface area contributed by atoms with Crippen molar-refractivity contribution in [3.05, 3.63) is 76.5 Å². The molecule has 0 aliphatic heterocycles. The maximum absolute atomic E-state index is 13.7. The molecule has 0 atom stereocenters. The maximum Gasteiger partial charge on any atom is 0.269 e. The number of anilines is 1. The Hall–Kier alpha value is -3.60. The van der Waals surface area contributed by atoms with Crippen molar-refractivity contribution < 1.29 is 18.0 Å². The number of para-hydroxylation sites is 1. The molecule has 4 aromatic rings. The van der Waals surface area contributed by atoms with E-state index in [0.717, 1.165) is 28.5 Å². The molecule has 0 fully saturated rings. The Labute approximate surface area is 170 Å². The number of aromatic amines is 1. The highest BCUT2D eigenvalue weighted by atomic mass is 32.2. The predicted octanol–water partition coefficient (Wildman–Crippen LogP) is 3.26. The molecule has 0 radical (unpaired) electrons. The van der Waals surface area contributed by atoms with Gasteiger partial charge in [0.15, 0.2) is 22.4 Å². The molecular formula is C19H12F3N5O2S. The Balaban J connectivity index is 1.67. The van der Waals surface area contributed by atoms with Gasteiger partial charge in [-0.05, 0) is 24.3 Å². The van der Waals surface area contributed by atoms with Crippen molar-refractivity contribution in [3.8, 4) is 5.69 Å². The predicted molar refractivity (Wildman–Crippen MR) is 105 cm³/mol. The molecule has 2 heterocycles. The van der Waals surface area contributed by atoms with E-state index in [0.29, 0.717) is 0 Å². The topological polar surface area (TPSA) is 92.7 Å². The van der Waals surface area contributed by atoms with Gasteiger partial charge in [0.05, 0.1) is 23.3 Å². The molecule has 0 saturated carbocycles. The average molecular weight is 431 g/mol. The molecule has 0 spiro atoms. The Morgan fingerprint density at radius 3 is 2.67 bits per heavy atom. The minimum Gasteiger partial charge on any atom is -0.323 e. The third-order valence-electron chi connectivity index (χ3n) is 4.09. The number of hydrogen-bond acceptors (Lipinski definition) is 5. The van der Waals surface area contributed by atoms with Gasteiger partial charge in [-0.3, -0.25) is 19.3 Å². The van der Waals surface area contributed by atoms with E-state index < -0.39 is 28.9 Å². The second-order valence-electron chi connectivity index (χ2n) is 6.08. The SMILES string of the molecule is O=C(CSc1nc2[nH]ncc2c(=O)n1-c1ccc(F)c(F)c1)Nc1ccccc1F. The number of thioether (sulfide) groups is 1.